The molecule has 320 valence electrons. The SMILES string of the molecule is c1ccc(-c2ccc(-c3ccc(N(c4cccc(-c5ccc(-c6ccccc6)cc5)c4)c4ccc(-c5ccc(-n6c7ccccc7c7ccccc76)cc5)c(-c5ccccc5)c4)cc3)cc2)cc1. The van der Waals surface area contributed by atoms with Crippen LogP contribution < -0.4 is 4.90 Å². The van der Waals surface area contributed by atoms with Gasteiger partial charge in [0, 0.05) is 33.5 Å². The Hall–Kier alpha value is -8.98. The monoisotopic (exact) mass is 866 g/mol. The molecule has 0 saturated carbocycles. The lowest BCUT2D eigenvalue weighted by Crippen LogP contribution is -2.10. The van der Waals surface area contributed by atoms with Crippen molar-refractivity contribution in [2.75, 3.05) is 4.90 Å². The van der Waals surface area contributed by atoms with Gasteiger partial charge < -0.3 is 9.47 Å². The smallest absolute Gasteiger partial charge is 0.0541 e. The van der Waals surface area contributed by atoms with Gasteiger partial charge in [0.1, 0.15) is 0 Å². The number of benzene rings is 11. The number of hydrogen-bond donors (Lipinski definition) is 0. The van der Waals surface area contributed by atoms with Crippen LogP contribution in [-0.4, -0.2) is 4.57 Å². The summed E-state index contributed by atoms with van der Waals surface area (Å²) in [6.07, 6.45) is 0. The van der Waals surface area contributed by atoms with Crippen molar-refractivity contribution in [2.24, 2.45) is 0 Å². The summed E-state index contributed by atoms with van der Waals surface area (Å²) in [4.78, 5) is 2.39. The highest BCUT2D eigenvalue weighted by Gasteiger charge is 2.19. The molecule has 1 heterocycles. The van der Waals surface area contributed by atoms with E-state index < -0.39 is 0 Å². The van der Waals surface area contributed by atoms with Gasteiger partial charge in [-0.15, -0.1) is 0 Å². The van der Waals surface area contributed by atoms with Crippen molar-refractivity contribution in [2.45, 2.75) is 0 Å². The largest absolute Gasteiger partial charge is 0.310 e. The number of nitrogens with zero attached hydrogens (tertiary/aromatic N) is 2. The zero-order valence-electron chi connectivity index (χ0n) is 37.5. The van der Waals surface area contributed by atoms with Crippen LogP contribution >= 0.6 is 0 Å². The molecule has 12 aromatic rings. The number of hydrogen-bond acceptors (Lipinski definition) is 1. The summed E-state index contributed by atoms with van der Waals surface area (Å²) in [6, 6.07) is 101. The van der Waals surface area contributed by atoms with Crippen LogP contribution in [0.5, 0.6) is 0 Å². The van der Waals surface area contributed by atoms with Crippen LogP contribution in [0.3, 0.4) is 0 Å². The minimum atomic E-state index is 1.08. The van der Waals surface area contributed by atoms with Crippen molar-refractivity contribution in [3.05, 3.63) is 279 Å². The fourth-order valence-corrected chi connectivity index (χ4v) is 9.82. The third-order valence-corrected chi connectivity index (χ3v) is 13.2. The van der Waals surface area contributed by atoms with Crippen LogP contribution in [0.1, 0.15) is 0 Å². The molecule has 0 aliphatic carbocycles. The van der Waals surface area contributed by atoms with Gasteiger partial charge in [0.25, 0.3) is 0 Å². The van der Waals surface area contributed by atoms with Crippen LogP contribution in [0.2, 0.25) is 0 Å². The number of aromatic nitrogens is 1. The standard InChI is InChI=1S/C66H46N2/c1-4-15-47(16-5-1)49-27-29-51(30-28-49)52-35-39-57(40-36-52)67(59-22-14-21-56(45-59)53-33-31-50(32-34-53)48-17-6-2-7-18-48)60-43-44-61(64(46-60)54-19-8-3-9-20-54)55-37-41-58(42-38-55)68-65-25-12-10-23-62(65)63-24-11-13-26-66(63)68/h1-46H. The van der Waals surface area contributed by atoms with E-state index in [2.05, 4.69) is 289 Å². The molecule has 0 unspecified atom stereocenters. The number of anilines is 3. The van der Waals surface area contributed by atoms with Crippen LogP contribution in [-0.2, 0) is 0 Å². The van der Waals surface area contributed by atoms with Crippen molar-refractivity contribution < 1.29 is 0 Å². The highest BCUT2D eigenvalue weighted by atomic mass is 15.1. The molecule has 0 N–H and O–H groups in total. The van der Waals surface area contributed by atoms with Gasteiger partial charge in [0.05, 0.1) is 11.0 Å². The van der Waals surface area contributed by atoms with Crippen LogP contribution in [0.4, 0.5) is 17.1 Å². The van der Waals surface area contributed by atoms with Crippen molar-refractivity contribution in [1.82, 2.24) is 4.57 Å². The molecule has 0 fully saturated rings. The van der Waals surface area contributed by atoms with Crippen molar-refractivity contribution in [3.63, 3.8) is 0 Å². The maximum absolute atomic E-state index is 2.39. The Bertz CT molecular complexity index is 3610. The van der Waals surface area contributed by atoms with Gasteiger partial charge in [-0.25, -0.2) is 0 Å². The predicted molar refractivity (Wildman–Crippen MR) is 288 cm³/mol. The van der Waals surface area contributed by atoms with Gasteiger partial charge in [-0.2, -0.15) is 0 Å². The topological polar surface area (TPSA) is 8.17 Å². The second-order valence-corrected chi connectivity index (χ2v) is 17.3. The zero-order valence-corrected chi connectivity index (χ0v) is 37.5. The molecule has 68 heavy (non-hydrogen) atoms. The van der Waals surface area contributed by atoms with E-state index in [0.29, 0.717) is 0 Å². The fraction of sp³-hybridized carbons (Fsp3) is 0. The number of fused-ring (bicyclic) bond motifs is 3. The molecule has 2 nitrogen and oxygen atoms in total. The number of rotatable bonds is 10. The molecule has 0 amide bonds. The van der Waals surface area contributed by atoms with Gasteiger partial charge >= 0.3 is 0 Å². The van der Waals surface area contributed by atoms with Gasteiger partial charge in [0.15, 0.2) is 0 Å². The fourth-order valence-electron chi connectivity index (χ4n) is 9.82. The molecule has 0 spiro atoms. The van der Waals surface area contributed by atoms with Gasteiger partial charge in [-0.1, -0.05) is 218 Å². The minimum Gasteiger partial charge on any atom is -0.310 e. The Morgan fingerprint density at radius 3 is 1.12 bits per heavy atom. The Labute approximate surface area is 397 Å². The maximum atomic E-state index is 2.39. The van der Waals surface area contributed by atoms with E-state index in [1.807, 2.05) is 0 Å². The molecule has 11 aromatic carbocycles. The van der Waals surface area contributed by atoms with E-state index in [-0.39, 0.29) is 0 Å². The molecule has 0 aliphatic rings. The Morgan fingerprint density at radius 2 is 0.588 bits per heavy atom. The summed E-state index contributed by atoms with van der Waals surface area (Å²) in [5.41, 5.74) is 21.0. The lowest BCUT2D eigenvalue weighted by Gasteiger charge is -2.27. The first kappa shape index (κ1) is 40.5. The molecule has 1 aromatic heterocycles. The summed E-state index contributed by atoms with van der Waals surface area (Å²) in [6.45, 7) is 0. The van der Waals surface area contributed by atoms with Crippen molar-refractivity contribution >= 4 is 38.9 Å². The lowest BCUT2D eigenvalue weighted by molar-refractivity contribution is 1.18. The highest BCUT2D eigenvalue weighted by molar-refractivity contribution is 6.09. The molecule has 2 heteroatoms. The normalized spacial score (nSPS) is 11.2. The maximum Gasteiger partial charge on any atom is 0.0541 e. The van der Waals surface area contributed by atoms with Gasteiger partial charge in [-0.3, -0.25) is 0 Å². The Balaban J connectivity index is 0.951. The second kappa shape index (κ2) is 17.8. The van der Waals surface area contributed by atoms with E-state index in [4.69, 9.17) is 0 Å². The molecule has 0 aliphatic heterocycles. The average molecular weight is 867 g/mol. The first-order chi connectivity index (χ1) is 33.7. The Kier molecular flexibility index (Phi) is 10.6. The third-order valence-electron chi connectivity index (χ3n) is 13.2. The Morgan fingerprint density at radius 1 is 0.221 bits per heavy atom. The number of para-hydroxylation sites is 2. The van der Waals surface area contributed by atoms with Crippen LogP contribution in [0.25, 0.3) is 94.3 Å². The molecular weight excluding hydrogens is 821 g/mol. The van der Waals surface area contributed by atoms with Gasteiger partial charge in [0.2, 0.25) is 0 Å². The highest BCUT2D eigenvalue weighted by Crippen LogP contribution is 2.43. The van der Waals surface area contributed by atoms with E-state index >= 15 is 0 Å². The van der Waals surface area contributed by atoms with E-state index in [1.54, 1.807) is 0 Å². The second-order valence-electron chi connectivity index (χ2n) is 17.3. The van der Waals surface area contributed by atoms with Crippen LogP contribution in [0.15, 0.2) is 279 Å². The molecule has 0 saturated heterocycles. The molecular formula is C66H46N2. The summed E-state index contributed by atoms with van der Waals surface area (Å²) in [5, 5.41) is 2.52. The lowest BCUT2D eigenvalue weighted by atomic mass is 9.93. The van der Waals surface area contributed by atoms with Crippen molar-refractivity contribution in [1.29, 1.82) is 0 Å². The van der Waals surface area contributed by atoms with Crippen molar-refractivity contribution in [3.8, 4) is 72.4 Å². The zero-order chi connectivity index (χ0) is 45.2. The van der Waals surface area contributed by atoms with Gasteiger partial charge in [-0.05, 0) is 127 Å². The first-order valence-electron chi connectivity index (χ1n) is 23.3. The third kappa shape index (κ3) is 7.74. The summed E-state index contributed by atoms with van der Waals surface area (Å²) in [5.74, 6) is 0. The van der Waals surface area contributed by atoms with E-state index in [0.717, 1.165) is 39.4 Å². The minimum absolute atomic E-state index is 1.08. The summed E-state index contributed by atoms with van der Waals surface area (Å²) < 4.78 is 2.38. The average Bonchev–Trinajstić information content (AvgIpc) is 3.76. The van der Waals surface area contributed by atoms with E-state index in [1.165, 1.54) is 71.9 Å². The van der Waals surface area contributed by atoms with E-state index in [9.17, 15) is 0 Å². The molecule has 12 rings (SSSR count). The first-order valence-corrected chi connectivity index (χ1v) is 23.3. The quantitative estimate of drug-likeness (QED) is 0.133. The molecule has 0 atom stereocenters. The van der Waals surface area contributed by atoms with Crippen LogP contribution in [0, 0.1) is 0 Å². The molecule has 0 radical (unpaired) electrons. The summed E-state index contributed by atoms with van der Waals surface area (Å²) >= 11 is 0. The molecule has 0 bridgehead atoms. The summed E-state index contributed by atoms with van der Waals surface area (Å²) in [7, 11) is 0. The predicted octanol–water partition coefficient (Wildman–Crippen LogP) is 18.3.